The molecule has 2 N–H and O–H groups in total. The summed E-state index contributed by atoms with van der Waals surface area (Å²) in [5.74, 6) is 0.316. The lowest BCUT2D eigenvalue weighted by atomic mass is 9.78. The molecule has 1 saturated carbocycles. The summed E-state index contributed by atoms with van der Waals surface area (Å²) < 4.78 is 0. The van der Waals surface area contributed by atoms with E-state index in [1.165, 1.54) is 12.8 Å². The highest BCUT2D eigenvalue weighted by Crippen LogP contribution is 2.38. The SMILES string of the molecule is CCCC(=O)N1CCC2(N)CCCCC12. The highest BCUT2D eigenvalue weighted by atomic mass is 16.2. The molecule has 86 valence electrons. The Bertz CT molecular complexity index is 254. The van der Waals surface area contributed by atoms with Crippen molar-refractivity contribution in [2.24, 2.45) is 5.73 Å². The molecule has 0 spiro atoms. The molecule has 0 aromatic carbocycles. The van der Waals surface area contributed by atoms with E-state index in [0.29, 0.717) is 18.4 Å². The predicted molar refractivity (Wildman–Crippen MR) is 60.4 cm³/mol. The topological polar surface area (TPSA) is 46.3 Å². The number of carbonyl (C=O) groups is 1. The number of hydrogen-bond donors (Lipinski definition) is 1. The molecule has 1 aliphatic heterocycles. The minimum Gasteiger partial charge on any atom is -0.338 e. The van der Waals surface area contributed by atoms with Gasteiger partial charge in [-0.2, -0.15) is 0 Å². The number of likely N-dealkylation sites (tertiary alicyclic amines) is 1. The number of hydrogen-bond acceptors (Lipinski definition) is 2. The van der Waals surface area contributed by atoms with Gasteiger partial charge in [0.05, 0.1) is 0 Å². The Balaban J connectivity index is 2.06. The largest absolute Gasteiger partial charge is 0.338 e. The second-order valence-electron chi connectivity index (χ2n) is 5.08. The summed E-state index contributed by atoms with van der Waals surface area (Å²) >= 11 is 0. The standard InChI is InChI=1S/C12H22N2O/c1-2-5-11(15)14-9-8-12(13)7-4-3-6-10(12)14/h10H,2-9,13H2,1H3. The molecule has 2 atom stereocenters. The van der Waals surface area contributed by atoms with E-state index in [4.69, 9.17) is 5.73 Å². The van der Waals surface area contributed by atoms with Crippen LogP contribution in [0, 0.1) is 0 Å². The van der Waals surface area contributed by atoms with Gasteiger partial charge in [-0.15, -0.1) is 0 Å². The molecule has 2 aliphatic rings. The van der Waals surface area contributed by atoms with Crippen molar-refractivity contribution in [2.75, 3.05) is 6.54 Å². The third kappa shape index (κ3) is 1.89. The van der Waals surface area contributed by atoms with Crippen LogP contribution in [0.15, 0.2) is 0 Å². The molecule has 0 aromatic rings. The summed E-state index contributed by atoms with van der Waals surface area (Å²) in [6.07, 6.45) is 7.33. The van der Waals surface area contributed by atoms with Crippen molar-refractivity contribution in [3.63, 3.8) is 0 Å². The zero-order valence-electron chi connectivity index (χ0n) is 9.67. The van der Waals surface area contributed by atoms with Crippen LogP contribution in [0.5, 0.6) is 0 Å². The van der Waals surface area contributed by atoms with E-state index in [1.807, 2.05) is 0 Å². The van der Waals surface area contributed by atoms with Crippen LogP contribution < -0.4 is 5.73 Å². The number of amides is 1. The van der Waals surface area contributed by atoms with Gasteiger partial charge in [-0.05, 0) is 25.7 Å². The van der Waals surface area contributed by atoms with Crippen molar-refractivity contribution >= 4 is 5.91 Å². The number of fused-ring (bicyclic) bond motifs is 1. The first-order chi connectivity index (χ1) is 7.17. The van der Waals surface area contributed by atoms with Crippen LogP contribution >= 0.6 is 0 Å². The van der Waals surface area contributed by atoms with Crippen molar-refractivity contribution < 1.29 is 4.79 Å². The fourth-order valence-corrected chi connectivity index (χ4v) is 3.14. The van der Waals surface area contributed by atoms with Crippen LogP contribution in [0.4, 0.5) is 0 Å². The first-order valence-electron chi connectivity index (χ1n) is 6.26. The van der Waals surface area contributed by atoms with Gasteiger partial charge in [-0.25, -0.2) is 0 Å². The van der Waals surface area contributed by atoms with E-state index in [9.17, 15) is 4.79 Å². The van der Waals surface area contributed by atoms with E-state index in [2.05, 4.69) is 11.8 Å². The maximum atomic E-state index is 11.9. The lowest BCUT2D eigenvalue weighted by molar-refractivity contribution is -0.133. The van der Waals surface area contributed by atoms with Crippen molar-refractivity contribution in [1.82, 2.24) is 4.90 Å². The molecule has 3 heteroatoms. The van der Waals surface area contributed by atoms with Crippen LogP contribution in [-0.2, 0) is 4.79 Å². The third-order valence-electron chi connectivity index (χ3n) is 4.01. The molecule has 15 heavy (non-hydrogen) atoms. The molecule has 1 heterocycles. The van der Waals surface area contributed by atoms with E-state index < -0.39 is 0 Å². The molecule has 0 aromatic heterocycles. The minimum atomic E-state index is -0.0539. The Hall–Kier alpha value is -0.570. The first-order valence-corrected chi connectivity index (χ1v) is 6.26. The molecule has 2 fully saturated rings. The van der Waals surface area contributed by atoms with E-state index in [-0.39, 0.29) is 5.54 Å². The van der Waals surface area contributed by atoms with E-state index in [0.717, 1.165) is 32.2 Å². The molecule has 1 aliphatic carbocycles. The van der Waals surface area contributed by atoms with E-state index >= 15 is 0 Å². The zero-order valence-corrected chi connectivity index (χ0v) is 9.67. The number of nitrogens with zero attached hydrogens (tertiary/aromatic N) is 1. The monoisotopic (exact) mass is 210 g/mol. The van der Waals surface area contributed by atoms with Gasteiger partial charge < -0.3 is 10.6 Å². The molecule has 2 rings (SSSR count). The summed E-state index contributed by atoms with van der Waals surface area (Å²) in [7, 11) is 0. The molecule has 3 nitrogen and oxygen atoms in total. The van der Waals surface area contributed by atoms with Gasteiger partial charge in [-0.3, -0.25) is 4.79 Å². The van der Waals surface area contributed by atoms with Crippen LogP contribution in [0.25, 0.3) is 0 Å². The molecule has 1 saturated heterocycles. The van der Waals surface area contributed by atoms with Gasteiger partial charge in [0.1, 0.15) is 0 Å². The second kappa shape index (κ2) is 4.12. The average Bonchev–Trinajstić information content (AvgIpc) is 2.55. The van der Waals surface area contributed by atoms with Gasteiger partial charge in [-0.1, -0.05) is 19.8 Å². The van der Waals surface area contributed by atoms with Crippen molar-refractivity contribution in [3.05, 3.63) is 0 Å². The van der Waals surface area contributed by atoms with Gasteiger partial charge in [0, 0.05) is 24.5 Å². The summed E-state index contributed by atoms with van der Waals surface area (Å²) in [6, 6.07) is 0.338. The molecule has 2 unspecified atom stereocenters. The van der Waals surface area contributed by atoms with Gasteiger partial charge in [0.2, 0.25) is 5.91 Å². The summed E-state index contributed by atoms with van der Waals surface area (Å²) in [6.45, 7) is 2.95. The van der Waals surface area contributed by atoms with Gasteiger partial charge >= 0.3 is 0 Å². The summed E-state index contributed by atoms with van der Waals surface area (Å²) in [5, 5.41) is 0. The Morgan fingerprint density at radius 2 is 2.27 bits per heavy atom. The molecule has 0 radical (unpaired) electrons. The van der Waals surface area contributed by atoms with Gasteiger partial charge in [0.25, 0.3) is 0 Å². The lowest BCUT2D eigenvalue weighted by Gasteiger charge is -2.39. The molecule has 0 bridgehead atoms. The highest BCUT2D eigenvalue weighted by molar-refractivity contribution is 5.77. The van der Waals surface area contributed by atoms with Crippen molar-refractivity contribution in [2.45, 2.75) is 63.5 Å². The van der Waals surface area contributed by atoms with Crippen LogP contribution in [0.3, 0.4) is 0 Å². The maximum Gasteiger partial charge on any atom is 0.222 e. The van der Waals surface area contributed by atoms with Crippen LogP contribution in [0.1, 0.15) is 51.9 Å². The Kier molecular flexibility index (Phi) is 3.01. The maximum absolute atomic E-state index is 11.9. The quantitative estimate of drug-likeness (QED) is 0.753. The predicted octanol–water partition coefficient (Wildman–Crippen LogP) is 1.66. The summed E-state index contributed by atoms with van der Waals surface area (Å²) in [5.41, 5.74) is 6.34. The fourth-order valence-electron chi connectivity index (χ4n) is 3.14. The minimum absolute atomic E-state index is 0.0539. The second-order valence-corrected chi connectivity index (χ2v) is 5.08. The number of carbonyl (C=O) groups excluding carboxylic acids is 1. The molecule has 1 amide bonds. The van der Waals surface area contributed by atoms with Crippen LogP contribution in [0.2, 0.25) is 0 Å². The normalized spacial score (nSPS) is 35.3. The Labute approximate surface area is 92.0 Å². The van der Waals surface area contributed by atoms with Gasteiger partial charge in [0.15, 0.2) is 0 Å². The smallest absolute Gasteiger partial charge is 0.222 e. The zero-order chi connectivity index (χ0) is 10.9. The fraction of sp³-hybridized carbons (Fsp3) is 0.917. The number of nitrogens with two attached hydrogens (primary N) is 1. The average molecular weight is 210 g/mol. The lowest BCUT2D eigenvalue weighted by Crippen LogP contribution is -2.54. The van der Waals surface area contributed by atoms with E-state index in [1.54, 1.807) is 0 Å². The van der Waals surface area contributed by atoms with Crippen molar-refractivity contribution in [3.8, 4) is 0 Å². The first kappa shape index (κ1) is 10.9. The summed E-state index contributed by atoms with van der Waals surface area (Å²) in [4.78, 5) is 14.0. The Morgan fingerprint density at radius 3 is 3.00 bits per heavy atom. The third-order valence-corrected chi connectivity index (χ3v) is 4.01. The Morgan fingerprint density at radius 1 is 1.47 bits per heavy atom. The molecular weight excluding hydrogens is 188 g/mol. The number of rotatable bonds is 2. The van der Waals surface area contributed by atoms with Crippen molar-refractivity contribution in [1.29, 1.82) is 0 Å². The van der Waals surface area contributed by atoms with Crippen LogP contribution in [-0.4, -0.2) is 28.9 Å². The molecular formula is C12H22N2O. The highest BCUT2D eigenvalue weighted by Gasteiger charge is 2.46.